The number of ether oxygens (including phenoxy) is 3. The number of hydrogen-bond donors (Lipinski definition) is 1. The first-order valence-corrected chi connectivity index (χ1v) is 10.5. The normalized spacial score (nSPS) is 13.4. The van der Waals surface area contributed by atoms with E-state index in [1.165, 1.54) is 25.4 Å². The van der Waals surface area contributed by atoms with Crippen LogP contribution in [0, 0.1) is 0 Å². The van der Waals surface area contributed by atoms with Crippen LogP contribution in [0.5, 0.6) is 5.88 Å². The third kappa shape index (κ3) is 5.87. The van der Waals surface area contributed by atoms with E-state index in [4.69, 9.17) is 9.47 Å². The molecule has 2 atom stereocenters. The molecule has 3 aromatic rings. The van der Waals surface area contributed by atoms with Crippen molar-refractivity contribution in [3.05, 3.63) is 59.9 Å². The van der Waals surface area contributed by atoms with Crippen LogP contribution in [0.2, 0.25) is 0 Å². The van der Waals surface area contributed by atoms with E-state index in [2.05, 4.69) is 9.72 Å². The minimum atomic E-state index is -2.34. The number of hydrogen-bond acceptors (Lipinski definition) is 7. The van der Waals surface area contributed by atoms with Gasteiger partial charge >= 0.3 is 12.1 Å². The highest BCUT2D eigenvalue weighted by Crippen LogP contribution is 2.32. The number of pyridine rings is 1. The van der Waals surface area contributed by atoms with Gasteiger partial charge in [-0.25, -0.2) is 19.0 Å². The molecule has 2 heterocycles. The Balaban J connectivity index is 2.00. The molecule has 0 aliphatic carbocycles. The predicted octanol–water partition coefficient (Wildman–Crippen LogP) is 4.33. The van der Waals surface area contributed by atoms with Crippen molar-refractivity contribution in [3.8, 4) is 5.88 Å². The number of nitrogens with zero attached hydrogens (tertiary/aromatic N) is 2. The number of carbonyl (C=O) groups is 2. The molecule has 0 fully saturated rings. The SMILES string of the molecule is CCOC(=O)C(F)C(O)c1cn(C(=O)OC(C)(C)C)c2cnc(OCc3ccccc3)cc12. The molecule has 1 aromatic carbocycles. The lowest BCUT2D eigenvalue weighted by Gasteiger charge is -2.19. The molecule has 2 aromatic heterocycles. The van der Waals surface area contributed by atoms with Crippen molar-refractivity contribution in [1.29, 1.82) is 0 Å². The highest BCUT2D eigenvalue weighted by molar-refractivity contribution is 5.93. The summed E-state index contributed by atoms with van der Waals surface area (Å²) in [6.07, 6.45) is -2.35. The second kappa shape index (κ2) is 9.99. The maximum atomic E-state index is 14.6. The Morgan fingerprint density at radius 2 is 1.91 bits per heavy atom. The van der Waals surface area contributed by atoms with E-state index in [0.717, 1.165) is 10.1 Å². The summed E-state index contributed by atoms with van der Waals surface area (Å²) in [7, 11) is 0. The fourth-order valence-corrected chi connectivity index (χ4v) is 3.15. The van der Waals surface area contributed by atoms with Gasteiger partial charge in [0.05, 0.1) is 18.3 Å². The molecule has 2 unspecified atom stereocenters. The lowest BCUT2D eigenvalue weighted by Crippen LogP contribution is -2.27. The molecular weight excluding hydrogens is 431 g/mol. The first-order chi connectivity index (χ1) is 15.6. The van der Waals surface area contributed by atoms with Crippen LogP contribution in [-0.2, 0) is 20.9 Å². The molecule has 8 nitrogen and oxygen atoms in total. The number of alkyl halides is 1. The molecule has 0 bridgehead atoms. The van der Waals surface area contributed by atoms with Gasteiger partial charge in [-0.3, -0.25) is 4.57 Å². The van der Waals surface area contributed by atoms with E-state index in [1.807, 2.05) is 30.3 Å². The molecule has 0 saturated carbocycles. The van der Waals surface area contributed by atoms with E-state index >= 15 is 0 Å². The second-order valence-corrected chi connectivity index (χ2v) is 8.35. The number of rotatable bonds is 7. The Kier molecular flexibility index (Phi) is 7.33. The number of esters is 1. The summed E-state index contributed by atoms with van der Waals surface area (Å²) in [6, 6.07) is 10.9. The molecule has 176 valence electrons. The number of aromatic nitrogens is 2. The molecule has 9 heteroatoms. The Morgan fingerprint density at radius 3 is 2.55 bits per heavy atom. The van der Waals surface area contributed by atoms with E-state index in [-0.39, 0.29) is 30.2 Å². The van der Waals surface area contributed by atoms with Crippen LogP contribution >= 0.6 is 0 Å². The van der Waals surface area contributed by atoms with Crippen LogP contribution in [0.1, 0.15) is 44.9 Å². The minimum absolute atomic E-state index is 0.00312. The van der Waals surface area contributed by atoms with Crippen LogP contribution in [-0.4, -0.2) is 45.1 Å². The predicted molar refractivity (Wildman–Crippen MR) is 119 cm³/mol. The Morgan fingerprint density at radius 1 is 1.21 bits per heavy atom. The van der Waals surface area contributed by atoms with Gasteiger partial charge < -0.3 is 19.3 Å². The van der Waals surface area contributed by atoms with Crippen molar-refractivity contribution in [2.24, 2.45) is 0 Å². The lowest BCUT2D eigenvalue weighted by molar-refractivity contribution is -0.153. The van der Waals surface area contributed by atoms with Crippen molar-refractivity contribution in [1.82, 2.24) is 9.55 Å². The highest BCUT2D eigenvalue weighted by atomic mass is 19.1. The van der Waals surface area contributed by atoms with Gasteiger partial charge in [0.25, 0.3) is 0 Å². The smallest absolute Gasteiger partial charge is 0.419 e. The van der Waals surface area contributed by atoms with Crippen LogP contribution in [0.3, 0.4) is 0 Å². The summed E-state index contributed by atoms with van der Waals surface area (Å²) in [5, 5.41) is 10.9. The zero-order valence-corrected chi connectivity index (χ0v) is 18.9. The highest BCUT2D eigenvalue weighted by Gasteiger charge is 2.33. The van der Waals surface area contributed by atoms with Gasteiger partial charge in [-0.2, -0.15) is 0 Å². The molecule has 0 spiro atoms. The van der Waals surface area contributed by atoms with Gasteiger partial charge in [-0.1, -0.05) is 30.3 Å². The number of benzene rings is 1. The summed E-state index contributed by atoms with van der Waals surface area (Å²) < 4.78 is 31.6. The second-order valence-electron chi connectivity index (χ2n) is 8.35. The van der Waals surface area contributed by atoms with Crippen molar-refractivity contribution in [2.75, 3.05) is 6.61 Å². The molecule has 1 N–H and O–H groups in total. The van der Waals surface area contributed by atoms with E-state index in [9.17, 15) is 19.1 Å². The van der Waals surface area contributed by atoms with Crippen molar-refractivity contribution in [2.45, 2.75) is 52.2 Å². The fourth-order valence-electron chi connectivity index (χ4n) is 3.15. The zero-order valence-electron chi connectivity index (χ0n) is 18.9. The largest absolute Gasteiger partial charge is 0.473 e. The van der Waals surface area contributed by atoms with Crippen LogP contribution in [0.25, 0.3) is 10.9 Å². The van der Waals surface area contributed by atoms with Crippen LogP contribution in [0.15, 0.2) is 48.8 Å². The van der Waals surface area contributed by atoms with Crippen LogP contribution < -0.4 is 4.74 Å². The van der Waals surface area contributed by atoms with E-state index in [0.29, 0.717) is 5.39 Å². The summed E-state index contributed by atoms with van der Waals surface area (Å²) in [5.74, 6) is -0.994. The number of aliphatic hydroxyl groups is 1. The van der Waals surface area contributed by atoms with Crippen LogP contribution in [0.4, 0.5) is 9.18 Å². The van der Waals surface area contributed by atoms with Gasteiger partial charge in [0, 0.05) is 23.2 Å². The van der Waals surface area contributed by atoms with Gasteiger partial charge in [0.15, 0.2) is 0 Å². The summed E-state index contributed by atoms with van der Waals surface area (Å²) in [4.78, 5) is 28.8. The fraction of sp³-hybridized carbons (Fsp3) is 0.375. The van der Waals surface area contributed by atoms with Gasteiger partial charge in [0.2, 0.25) is 12.1 Å². The quantitative estimate of drug-likeness (QED) is 0.526. The van der Waals surface area contributed by atoms with Gasteiger partial charge in [-0.15, -0.1) is 0 Å². The van der Waals surface area contributed by atoms with Crippen molar-refractivity contribution in [3.63, 3.8) is 0 Å². The Hall–Kier alpha value is -3.46. The van der Waals surface area contributed by atoms with Gasteiger partial charge in [-0.05, 0) is 33.3 Å². The summed E-state index contributed by atoms with van der Waals surface area (Å²) >= 11 is 0. The molecule has 3 rings (SSSR count). The molecule has 0 aliphatic heterocycles. The molecule has 0 aliphatic rings. The lowest BCUT2D eigenvalue weighted by atomic mass is 10.1. The average Bonchev–Trinajstić information content (AvgIpc) is 3.15. The maximum Gasteiger partial charge on any atom is 0.419 e. The molecule has 0 amide bonds. The Bertz CT molecular complexity index is 1120. The van der Waals surface area contributed by atoms with E-state index < -0.39 is 29.9 Å². The average molecular weight is 458 g/mol. The molecule has 33 heavy (non-hydrogen) atoms. The first-order valence-electron chi connectivity index (χ1n) is 10.5. The Labute approximate surface area is 190 Å². The van der Waals surface area contributed by atoms with Crippen molar-refractivity contribution >= 4 is 23.0 Å². The number of aliphatic hydroxyl groups excluding tert-OH is 1. The standard InChI is InChI=1S/C24H27FN2O6/c1-5-31-22(29)20(25)21(28)17-13-27(23(30)33-24(2,3)4)18-12-26-19(11-16(17)18)32-14-15-9-7-6-8-10-15/h6-13,20-21,28H,5,14H2,1-4H3. The summed E-state index contributed by atoms with van der Waals surface area (Å²) in [6.45, 7) is 6.86. The first kappa shape index (κ1) is 24.2. The number of carbonyl (C=O) groups excluding carboxylic acids is 2. The monoisotopic (exact) mass is 458 g/mol. The number of halogens is 1. The summed E-state index contributed by atoms with van der Waals surface area (Å²) in [5.41, 5.74) is 0.397. The zero-order chi connectivity index (χ0) is 24.2. The number of fused-ring (bicyclic) bond motifs is 1. The van der Waals surface area contributed by atoms with Crippen molar-refractivity contribution < 1.29 is 33.3 Å². The third-order valence-electron chi connectivity index (χ3n) is 4.62. The topological polar surface area (TPSA) is 99.9 Å². The maximum absolute atomic E-state index is 14.6. The minimum Gasteiger partial charge on any atom is -0.473 e. The van der Waals surface area contributed by atoms with E-state index in [1.54, 1.807) is 20.8 Å². The molecular formula is C24H27FN2O6. The third-order valence-corrected chi connectivity index (χ3v) is 4.62. The molecule has 0 radical (unpaired) electrons. The van der Waals surface area contributed by atoms with Gasteiger partial charge in [0.1, 0.15) is 18.3 Å². The molecule has 0 saturated heterocycles.